The summed E-state index contributed by atoms with van der Waals surface area (Å²) in [5, 5.41) is 15.5. The van der Waals surface area contributed by atoms with E-state index in [1.54, 1.807) is 16.7 Å². The highest BCUT2D eigenvalue weighted by molar-refractivity contribution is 5.96. The minimum atomic E-state index is -1.33. The molecule has 74 heavy (non-hydrogen) atoms. The normalized spacial score (nSPS) is 30.7. The number of aliphatic carboxylic acids is 1. The second-order valence-corrected chi connectivity index (χ2v) is 21.2. The molecule has 6 heterocycles. The van der Waals surface area contributed by atoms with E-state index in [1.807, 2.05) is 66.8 Å². The van der Waals surface area contributed by atoms with Crippen molar-refractivity contribution in [3.63, 3.8) is 0 Å². The van der Waals surface area contributed by atoms with Crippen LogP contribution in [-0.2, 0) is 69.2 Å². The van der Waals surface area contributed by atoms with Gasteiger partial charge in [0.1, 0.15) is 35.4 Å². The fraction of sp³-hybridized carbons (Fsp3) is 0.571. The lowest BCUT2D eigenvalue weighted by atomic mass is 10.1. The minimum absolute atomic E-state index is 0.122. The van der Waals surface area contributed by atoms with Crippen molar-refractivity contribution in [1.29, 1.82) is 0 Å². The van der Waals surface area contributed by atoms with Crippen LogP contribution in [0.3, 0.4) is 0 Å². The lowest BCUT2D eigenvalue weighted by molar-refractivity contribution is -0.150. The molecule has 10 rings (SSSR count). The highest BCUT2D eigenvalue weighted by Gasteiger charge is 2.63. The Bertz CT molecular complexity index is 2500. The second kappa shape index (κ2) is 22.8. The molecule has 18 heteroatoms. The molecule has 2 saturated heterocycles. The molecule has 0 aromatic heterocycles. The van der Waals surface area contributed by atoms with Crippen molar-refractivity contribution in [3.8, 4) is 0 Å². The van der Waals surface area contributed by atoms with Crippen LogP contribution in [0, 0.1) is 11.8 Å². The van der Waals surface area contributed by atoms with Crippen LogP contribution in [0.4, 0.5) is 9.59 Å². The third kappa shape index (κ3) is 11.6. The molecular formula is C56H70N6O12. The largest absolute Gasteiger partial charge is 0.479 e. The molecule has 3 N–H and O–H groups in total. The monoisotopic (exact) mass is 1020 g/mol. The smallest absolute Gasteiger partial charge is 0.410 e. The molecule has 0 bridgehead atoms. The maximum absolute atomic E-state index is 13.6. The van der Waals surface area contributed by atoms with Crippen LogP contribution in [0.1, 0.15) is 132 Å². The summed E-state index contributed by atoms with van der Waals surface area (Å²) >= 11 is 0. The summed E-state index contributed by atoms with van der Waals surface area (Å²) < 4.78 is 16.9. The second-order valence-electron chi connectivity index (χ2n) is 21.2. The van der Waals surface area contributed by atoms with Crippen LogP contribution in [-0.4, -0.2) is 128 Å². The van der Waals surface area contributed by atoms with Crippen molar-refractivity contribution in [2.75, 3.05) is 19.7 Å². The summed E-state index contributed by atoms with van der Waals surface area (Å²) in [7, 11) is 0. The number of hydrogen-bond acceptors (Lipinski definition) is 11. The molecule has 8 aliphatic rings. The Morgan fingerprint density at radius 2 is 1.00 bits per heavy atom. The van der Waals surface area contributed by atoms with E-state index >= 15 is 0 Å². The number of carbonyl (C=O) groups excluding carboxylic acids is 7. The molecule has 6 aliphatic heterocycles. The molecule has 2 aromatic carbocycles. The number of carboxylic acid groups (broad SMARTS) is 1. The van der Waals surface area contributed by atoms with Gasteiger partial charge in [0.25, 0.3) is 0 Å². The van der Waals surface area contributed by atoms with Crippen molar-refractivity contribution in [1.82, 2.24) is 30.2 Å². The summed E-state index contributed by atoms with van der Waals surface area (Å²) in [4.78, 5) is 110. The van der Waals surface area contributed by atoms with E-state index in [-0.39, 0.29) is 56.2 Å². The summed E-state index contributed by atoms with van der Waals surface area (Å²) in [6, 6.07) is 14.1. The van der Waals surface area contributed by atoms with Gasteiger partial charge < -0.3 is 39.8 Å². The third-order valence-electron chi connectivity index (χ3n) is 16.0. The van der Waals surface area contributed by atoms with E-state index < -0.39 is 71.3 Å². The van der Waals surface area contributed by atoms with Crippen LogP contribution in [0.25, 0.3) is 0 Å². The highest BCUT2D eigenvalue weighted by atomic mass is 16.6. The zero-order chi connectivity index (χ0) is 52.0. The Morgan fingerprint density at radius 1 is 0.595 bits per heavy atom. The van der Waals surface area contributed by atoms with Gasteiger partial charge in [-0.15, -0.1) is 0 Å². The molecule has 2 saturated carbocycles. The Hall–Kier alpha value is -6.72. The average molecular weight is 1020 g/mol. The zero-order valence-corrected chi connectivity index (χ0v) is 42.4. The number of hydrogen-bond donors (Lipinski definition) is 3. The fourth-order valence-corrected chi connectivity index (χ4v) is 11.5. The number of rotatable bonds is 5. The van der Waals surface area contributed by atoms with E-state index in [0.29, 0.717) is 51.9 Å². The first-order chi connectivity index (χ1) is 35.8. The van der Waals surface area contributed by atoms with E-state index in [9.17, 15) is 43.5 Å². The van der Waals surface area contributed by atoms with E-state index in [2.05, 4.69) is 16.7 Å². The number of carbonyl (C=O) groups is 8. The van der Waals surface area contributed by atoms with Crippen LogP contribution >= 0.6 is 0 Å². The summed E-state index contributed by atoms with van der Waals surface area (Å²) in [6.07, 6.45) is 16.7. The van der Waals surface area contributed by atoms with Gasteiger partial charge in [0.15, 0.2) is 0 Å². The summed E-state index contributed by atoms with van der Waals surface area (Å²) in [6.45, 7) is 4.14. The maximum Gasteiger partial charge on any atom is 0.410 e. The lowest BCUT2D eigenvalue weighted by Crippen LogP contribution is -2.53. The van der Waals surface area contributed by atoms with Gasteiger partial charge in [0, 0.05) is 63.7 Å². The van der Waals surface area contributed by atoms with Gasteiger partial charge in [0.05, 0.1) is 19.7 Å². The van der Waals surface area contributed by atoms with Gasteiger partial charge in [-0.05, 0) is 80.5 Å². The average Bonchev–Trinajstić information content (AvgIpc) is 3.82. The SMILES string of the molecule is CCOC(=O)[C@@]12C[C@H]1/C=C\CCCCCCC(=O)N1C[C@H](OC(=O)N3Cc4ccccc4C3)C[C@H]1C(=O)N2.O=C1N[C@]2(C(=O)O)C[C@H]2/C=C\CCCCCCC(=O)N2C[C@H](OC(=O)N3Cc4ccccc4C3)C[C@@H]12. The zero-order valence-electron chi connectivity index (χ0n) is 42.4. The Balaban J connectivity index is 0.000000182. The number of nitrogens with zero attached hydrogens (tertiary/aromatic N) is 4. The van der Waals surface area contributed by atoms with E-state index in [4.69, 9.17) is 14.2 Å². The van der Waals surface area contributed by atoms with Gasteiger partial charge in [-0.2, -0.15) is 0 Å². The quantitative estimate of drug-likeness (QED) is 0.168. The summed E-state index contributed by atoms with van der Waals surface area (Å²) in [5.41, 5.74) is 1.91. The number of carboxylic acids is 1. The number of nitrogens with one attached hydrogen (secondary N) is 2. The van der Waals surface area contributed by atoms with Gasteiger partial charge in [0.2, 0.25) is 23.6 Å². The molecule has 18 nitrogen and oxygen atoms in total. The third-order valence-corrected chi connectivity index (χ3v) is 16.0. The topological polar surface area (TPSA) is 221 Å². The summed E-state index contributed by atoms with van der Waals surface area (Å²) in [5.74, 6) is -3.09. The number of esters is 1. The van der Waals surface area contributed by atoms with Crippen molar-refractivity contribution in [3.05, 3.63) is 95.1 Å². The van der Waals surface area contributed by atoms with Crippen LogP contribution in [0.15, 0.2) is 72.8 Å². The molecule has 2 aromatic rings. The predicted octanol–water partition coefficient (Wildman–Crippen LogP) is 6.43. The fourth-order valence-electron chi connectivity index (χ4n) is 11.5. The predicted molar refractivity (Wildman–Crippen MR) is 268 cm³/mol. The standard InChI is InChI=1S/C29H37N3O6.C27H33N3O6/c1-2-37-27(35)29-16-22(29)13-7-5-3-4-6-8-14-25(33)32-19-23(15-24(32)26(34)30-29)38-28(36)31-17-20-11-9-10-12-21(20)18-31;31-23-12-6-4-2-1-3-5-11-20-14-27(20,25(33)34)28-24(32)22-13-21(17-30(22)23)36-26(35)29-15-18-9-7-8-10-19(18)16-29/h7,9-13,22-24H,2-6,8,14-19H2,1H3,(H,30,34);5,7-11,20-22H,1-4,6,12-17H2,(H,28,32)(H,33,34)/b13-7-;11-5-/t22-,23-,24+,29-;20-,21-,22+,27-/m11/s1. The molecule has 396 valence electrons. The Labute approximate surface area is 432 Å². The maximum atomic E-state index is 13.6. The number of benzene rings is 2. The van der Waals surface area contributed by atoms with Crippen molar-refractivity contribution in [2.45, 2.75) is 171 Å². The first-order valence-corrected chi connectivity index (χ1v) is 26.8. The van der Waals surface area contributed by atoms with Gasteiger partial charge in [-0.25, -0.2) is 19.2 Å². The van der Waals surface area contributed by atoms with E-state index in [1.165, 1.54) is 9.80 Å². The number of allylic oxidation sites excluding steroid dienone is 2. The Kier molecular flexibility index (Phi) is 16.1. The number of ether oxygens (including phenoxy) is 3. The molecular weight excluding hydrogens is 949 g/mol. The van der Waals surface area contributed by atoms with Crippen molar-refractivity contribution < 1.29 is 57.7 Å². The molecule has 8 atom stereocenters. The number of fused-ring (bicyclic) bond motifs is 6. The number of amides is 6. The van der Waals surface area contributed by atoms with Crippen LogP contribution in [0.2, 0.25) is 0 Å². The van der Waals surface area contributed by atoms with Gasteiger partial charge >= 0.3 is 24.1 Å². The molecule has 0 spiro atoms. The Morgan fingerprint density at radius 3 is 1.43 bits per heavy atom. The van der Waals surface area contributed by atoms with Crippen molar-refractivity contribution >= 4 is 47.8 Å². The minimum Gasteiger partial charge on any atom is -0.479 e. The first kappa shape index (κ1) is 52.2. The van der Waals surface area contributed by atoms with Crippen molar-refractivity contribution in [2.24, 2.45) is 11.8 Å². The van der Waals surface area contributed by atoms with E-state index in [0.717, 1.165) is 86.5 Å². The molecule has 0 radical (unpaired) electrons. The molecule has 6 amide bonds. The highest BCUT2D eigenvalue weighted by Crippen LogP contribution is 2.47. The van der Waals surface area contributed by atoms with Gasteiger partial charge in [-0.3, -0.25) is 29.0 Å². The molecule has 0 unspecified atom stereocenters. The lowest BCUT2D eigenvalue weighted by Gasteiger charge is -2.26. The van der Waals surface area contributed by atoms with Gasteiger partial charge in [-0.1, -0.05) is 98.5 Å². The van der Waals surface area contributed by atoms with Crippen LogP contribution in [0.5, 0.6) is 0 Å². The van der Waals surface area contributed by atoms with Crippen LogP contribution < -0.4 is 10.6 Å². The first-order valence-electron chi connectivity index (χ1n) is 26.8. The molecule has 4 fully saturated rings. The molecule has 2 aliphatic carbocycles.